The van der Waals surface area contributed by atoms with Crippen molar-refractivity contribution in [2.24, 2.45) is 0 Å². The summed E-state index contributed by atoms with van der Waals surface area (Å²) in [4.78, 5) is 4.25. The second-order valence-corrected chi connectivity index (χ2v) is 2.78. The van der Waals surface area contributed by atoms with Gasteiger partial charge >= 0.3 is 0 Å². The molecule has 1 aromatic heterocycles. The van der Waals surface area contributed by atoms with Crippen LogP contribution in [0.4, 0.5) is 0 Å². The van der Waals surface area contributed by atoms with Gasteiger partial charge in [0.2, 0.25) is 0 Å². The summed E-state index contributed by atoms with van der Waals surface area (Å²) in [6.45, 7) is 7.44. The van der Waals surface area contributed by atoms with Gasteiger partial charge in [0.05, 0.1) is 12.0 Å². The summed E-state index contributed by atoms with van der Waals surface area (Å²) in [6, 6.07) is 0. The van der Waals surface area contributed by atoms with Crippen molar-refractivity contribution < 1.29 is 0 Å². The third-order valence-electron chi connectivity index (χ3n) is 1.61. The molecule has 1 aromatic rings. The predicted molar refractivity (Wildman–Crippen MR) is 42.0 cm³/mol. The Morgan fingerprint density at radius 2 is 2.30 bits per heavy atom. The second-order valence-electron chi connectivity index (χ2n) is 2.78. The molecule has 0 aromatic carbocycles. The highest BCUT2D eigenvalue weighted by Crippen LogP contribution is 2.09. The lowest BCUT2D eigenvalue weighted by molar-refractivity contribution is 0.757. The molecule has 0 spiro atoms. The van der Waals surface area contributed by atoms with E-state index in [1.54, 1.807) is 0 Å². The van der Waals surface area contributed by atoms with Crippen LogP contribution in [0.5, 0.6) is 0 Å². The number of hydrogen-bond donors (Lipinski definition) is 0. The fraction of sp³-hybridized carbons (Fsp3) is 0.625. The topological polar surface area (TPSA) is 17.8 Å². The van der Waals surface area contributed by atoms with Gasteiger partial charge in [0, 0.05) is 12.7 Å². The number of rotatable bonds is 2. The van der Waals surface area contributed by atoms with Crippen LogP contribution in [0.2, 0.25) is 0 Å². The van der Waals surface area contributed by atoms with Gasteiger partial charge in [-0.05, 0) is 12.8 Å². The number of aryl methyl sites for hydroxylation is 1. The first-order chi connectivity index (χ1) is 4.74. The quantitative estimate of drug-likeness (QED) is 0.611. The van der Waals surface area contributed by atoms with Crippen LogP contribution in [0.3, 0.4) is 0 Å². The summed E-state index contributed by atoms with van der Waals surface area (Å²) in [5.74, 6) is 0.549. The van der Waals surface area contributed by atoms with Gasteiger partial charge in [0.1, 0.15) is 0 Å². The van der Waals surface area contributed by atoms with Crippen LogP contribution < -0.4 is 0 Å². The normalized spacial score (nSPS) is 10.8. The minimum Gasteiger partial charge on any atom is -0.337 e. The highest BCUT2D eigenvalue weighted by atomic mass is 15.0. The largest absolute Gasteiger partial charge is 0.337 e. The maximum atomic E-state index is 4.25. The molecule has 0 saturated carbocycles. The third-order valence-corrected chi connectivity index (χ3v) is 1.61. The van der Waals surface area contributed by atoms with E-state index in [-0.39, 0.29) is 0 Å². The van der Waals surface area contributed by atoms with Crippen LogP contribution in [0.15, 0.2) is 12.5 Å². The van der Waals surface area contributed by atoms with Gasteiger partial charge in [-0.1, -0.05) is 13.8 Å². The fourth-order valence-corrected chi connectivity index (χ4v) is 0.848. The van der Waals surface area contributed by atoms with Crippen molar-refractivity contribution in [1.29, 1.82) is 0 Å². The Kier molecular flexibility index (Phi) is 2.10. The van der Waals surface area contributed by atoms with E-state index in [0.29, 0.717) is 5.92 Å². The van der Waals surface area contributed by atoms with Crippen LogP contribution in [0.25, 0.3) is 0 Å². The van der Waals surface area contributed by atoms with Crippen molar-refractivity contribution in [3.05, 3.63) is 18.2 Å². The van der Waals surface area contributed by atoms with Crippen LogP contribution >= 0.6 is 0 Å². The molecule has 0 unspecified atom stereocenters. The van der Waals surface area contributed by atoms with Crippen LogP contribution in [-0.4, -0.2) is 9.55 Å². The molecule has 0 amide bonds. The monoisotopic (exact) mass is 138 g/mol. The summed E-state index contributed by atoms with van der Waals surface area (Å²) in [5, 5.41) is 0. The maximum Gasteiger partial charge on any atom is 0.0949 e. The molecule has 10 heavy (non-hydrogen) atoms. The van der Waals surface area contributed by atoms with Crippen molar-refractivity contribution in [3.8, 4) is 0 Å². The van der Waals surface area contributed by atoms with E-state index in [4.69, 9.17) is 0 Å². The molecule has 2 heteroatoms. The summed E-state index contributed by atoms with van der Waals surface area (Å²) in [7, 11) is 0. The molecule has 0 aliphatic heterocycles. The van der Waals surface area contributed by atoms with Crippen molar-refractivity contribution in [1.82, 2.24) is 9.55 Å². The minimum absolute atomic E-state index is 0.549. The van der Waals surface area contributed by atoms with Gasteiger partial charge in [0.15, 0.2) is 0 Å². The average molecular weight is 138 g/mol. The predicted octanol–water partition coefficient (Wildman–Crippen LogP) is 2.03. The summed E-state index contributed by atoms with van der Waals surface area (Å²) < 4.78 is 2.09. The Morgan fingerprint density at radius 1 is 1.60 bits per heavy atom. The van der Waals surface area contributed by atoms with E-state index in [1.807, 2.05) is 6.33 Å². The molecule has 0 atom stereocenters. The van der Waals surface area contributed by atoms with Crippen LogP contribution in [-0.2, 0) is 6.54 Å². The zero-order valence-corrected chi connectivity index (χ0v) is 6.83. The molecule has 56 valence electrons. The van der Waals surface area contributed by atoms with Crippen molar-refractivity contribution in [2.75, 3.05) is 0 Å². The Bertz CT molecular complexity index is 201. The lowest BCUT2D eigenvalue weighted by Crippen LogP contribution is -1.88. The molecule has 1 rings (SSSR count). The van der Waals surface area contributed by atoms with Crippen molar-refractivity contribution >= 4 is 0 Å². The van der Waals surface area contributed by atoms with E-state index in [0.717, 1.165) is 6.54 Å². The van der Waals surface area contributed by atoms with Crippen LogP contribution in [0.1, 0.15) is 32.4 Å². The first-order valence-electron chi connectivity index (χ1n) is 3.75. The average Bonchev–Trinajstić information content (AvgIpc) is 2.34. The zero-order valence-electron chi connectivity index (χ0n) is 6.83. The molecule has 0 bridgehead atoms. The van der Waals surface area contributed by atoms with E-state index in [9.17, 15) is 0 Å². The second kappa shape index (κ2) is 2.86. The van der Waals surface area contributed by atoms with E-state index < -0.39 is 0 Å². The van der Waals surface area contributed by atoms with Gasteiger partial charge in [-0.15, -0.1) is 0 Å². The fourth-order valence-electron chi connectivity index (χ4n) is 0.848. The zero-order chi connectivity index (χ0) is 7.56. The summed E-state index contributed by atoms with van der Waals surface area (Å²) in [5.41, 5.74) is 1.18. The van der Waals surface area contributed by atoms with Crippen LogP contribution in [0, 0.1) is 0 Å². The van der Waals surface area contributed by atoms with Crippen molar-refractivity contribution in [3.63, 3.8) is 0 Å². The first kappa shape index (κ1) is 7.32. The third kappa shape index (κ3) is 1.38. The number of aromatic nitrogens is 2. The summed E-state index contributed by atoms with van der Waals surface area (Å²) >= 11 is 0. The molecule has 0 fully saturated rings. The maximum absolute atomic E-state index is 4.25. The van der Waals surface area contributed by atoms with E-state index in [1.165, 1.54) is 5.69 Å². The Morgan fingerprint density at radius 3 is 2.60 bits per heavy atom. The highest BCUT2D eigenvalue weighted by molar-refractivity contribution is 5.01. The van der Waals surface area contributed by atoms with Gasteiger partial charge in [-0.2, -0.15) is 0 Å². The molecule has 0 aliphatic rings. The highest BCUT2D eigenvalue weighted by Gasteiger charge is 2.00. The first-order valence-corrected chi connectivity index (χ1v) is 3.75. The molecular weight excluding hydrogens is 124 g/mol. The minimum atomic E-state index is 0.549. The van der Waals surface area contributed by atoms with Gasteiger partial charge in [-0.25, -0.2) is 4.98 Å². The lowest BCUT2D eigenvalue weighted by atomic mass is 10.2. The molecular formula is C8H14N2. The number of imidazole rings is 1. The van der Waals surface area contributed by atoms with Gasteiger partial charge < -0.3 is 4.57 Å². The van der Waals surface area contributed by atoms with E-state index in [2.05, 4.69) is 36.5 Å². The molecule has 0 aliphatic carbocycles. The number of nitrogens with zero attached hydrogens (tertiary/aromatic N) is 2. The smallest absolute Gasteiger partial charge is 0.0949 e. The Balaban J connectivity index is 2.78. The summed E-state index contributed by atoms with van der Waals surface area (Å²) in [6.07, 6.45) is 3.99. The molecule has 0 saturated heterocycles. The lowest BCUT2D eigenvalue weighted by Gasteiger charge is -1.96. The van der Waals surface area contributed by atoms with E-state index >= 15 is 0 Å². The SMILES string of the molecule is CCn1cnc(C(C)C)c1. The molecule has 1 heterocycles. The molecule has 2 nitrogen and oxygen atoms in total. The van der Waals surface area contributed by atoms with Gasteiger partial charge in [-0.3, -0.25) is 0 Å². The number of hydrogen-bond acceptors (Lipinski definition) is 1. The Labute approximate surface area is 61.9 Å². The standard InChI is InChI=1S/C8H14N2/c1-4-10-5-8(7(2)3)9-6-10/h5-7H,4H2,1-3H3. The Hall–Kier alpha value is -0.790. The van der Waals surface area contributed by atoms with Crippen molar-refractivity contribution in [2.45, 2.75) is 33.2 Å². The molecule has 0 N–H and O–H groups in total. The molecule has 0 radical (unpaired) electrons. The van der Waals surface area contributed by atoms with Gasteiger partial charge in [0.25, 0.3) is 0 Å².